The molecule has 0 aromatic carbocycles. The van der Waals surface area contributed by atoms with Crippen molar-refractivity contribution >= 4 is 11.9 Å². The Morgan fingerprint density at radius 1 is 0.442 bits per heavy atom. The summed E-state index contributed by atoms with van der Waals surface area (Å²) in [7, 11) is 0. The van der Waals surface area contributed by atoms with Gasteiger partial charge in [-0.15, -0.1) is 0 Å². The molecule has 1 unspecified atom stereocenters. The molecule has 0 N–H and O–H groups in total. The van der Waals surface area contributed by atoms with Crippen LogP contribution < -0.4 is 0 Å². The highest BCUT2D eigenvalue weighted by atomic mass is 16.6. The van der Waals surface area contributed by atoms with Gasteiger partial charge in [0.25, 0.3) is 0 Å². The largest absolute Gasteiger partial charge is 0.462 e. The summed E-state index contributed by atoms with van der Waals surface area (Å²) in [4.78, 5) is 25.2. The summed E-state index contributed by atoms with van der Waals surface area (Å²) < 4.78 is 17.3. The minimum atomic E-state index is -0.530. The SMILES string of the molecule is CC/C=C\C/C=C\C/C=C\CCCCCCCCCC(=O)OCC(COCCCCCCCCCCCC)OC(=O)CCCCCCCCCCC. The minimum Gasteiger partial charge on any atom is -0.462 e. The zero-order chi connectivity index (χ0) is 37.8. The number of allylic oxidation sites excluding steroid dienone is 6. The van der Waals surface area contributed by atoms with Crippen molar-refractivity contribution in [3.63, 3.8) is 0 Å². The van der Waals surface area contributed by atoms with Crippen molar-refractivity contribution < 1.29 is 23.8 Å². The van der Waals surface area contributed by atoms with Crippen molar-refractivity contribution in [1.29, 1.82) is 0 Å². The molecule has 0 radical (unpaired) electrons. The molecule has 0 aromatic rings. The van der Waals surface area contributed by atoms with Gasteiger partial charge in [0.1, 0.15) is 6.61 Å². The molecule has 0 aliphatic heterocycles. The predicted molar refractivity (Wildman–Crippen MR) is 224 cm³/mol. The highest BCUT2D eigenvalue weighted by Gasteiger charge is 2.17. The van der Waals surface area contributed by atoms with Gasteiger partial charge >= 0.3 is 11.9 Å². The van der Waals surface area contributed by atoms with Gasteiger partial charge in [0.05, 0.1) is 6.61 Å². The molecule has 0 heterocycles. The monoisotopic (exact) mass is 731 g/mol. The third-order valence-corrected chi connectivity index (χ3v) is 9.69. The molecule has 0 spiro atoms. The van der Waals surface area contributed by atoms with Gasteiger partial charge in [-0.2, -0.15) is 0 Å². The van der Waals surface area contributed by atoms with E-state index in [0.29, 0.717) is 19.4 Å². The van der Waals surface area contributed by atoms with E-state index in [1.165, 1.54) is 128 Å². The predicted octanol–water partition coefficient (Wildman–Crippen LogP) is 14.7. The fourth-order valence-electron chi connectivity index (χ4n) is 6.35. The number of carbonyl (C=O) groups excluding carboxylic acids is 2. The first kappa shape index (κ1) is 50.1. The maximum Gasteiger partial charge on any atom is 0.306 e. The molecule has 5 nitrogen and oxygen atoms in total. The normalized spacial score (nSPS) is 12.4. The smallest absolute Gasteiger partial charge is 0.306 e. The molecule has 0 fully saturated rings. The van der Waals surface area contributed by atoms with E-state index in [2.05, 4.69) is 57.2 Å². The second-order valence-electron chi connectivity index (χ2n) is 14.9. The molecule has 0 bridgehead atoms. The van der Waals surface area contributed by atoms with Crippen molar-refractivity contribution in [2.45, 2.75) is 232 Å². The van der Waals surface area contributed by atoms with E-state index in [1.54, 1.807) is 0 Å². The molecule has 0 saturated carbocycles. The molecular formula is C47H86O5. The molecule has 1 atom stereocenters. The molecule has 0 aliphatic carbocycles. The van der Waals surface area contributed by atoms with Gasteiger partial charge in [-0.05, 0) is 51.4 Å². The second-order valence-corrected chi connectivity index (χ2v) is 14.9. The van der Waals surface area contributed by atoms with Crippen LogP contribution >= 0.6 is 0 Å². The van der Waals surface area contributed by atoms with Gasteiger partial charge in [0, 0.05) is 19.4 Å². The number of carbonyl (C=O) groups is 2. The number of unbranched alkanes of at least 4 members (excludes halogenated alkanes) is 24. The molecule has 0 saturated heterocycles. The standard InChI is InChI=1S/C47H86O5/c1-4-7-10-13-16-19-21-22-23-24-25-26-27-29-31-34-37-40-46(48)51-44-45(43-50-42-39-36-33-30-20-17-14-11-8-5-2)52-47(49)41-38-35-32-28-18-15-12-9-6-3/h7,10,16,19,22-23,45H,4-6,8-9,11-15,17-18,20-21,24-44H2,1-3H3/b10-7-,19-16-,23-22-. The van der Waals surface area contributed by atoms with Crippen molar-refractivity contribution in [3.8, 4) is 0 Å². The van der Waals surface area contributed by atoms with Gasteiger partial charge in [0.2, 0.25) is 0 Å². The lowest BCUT2D eigenvalue weighted by Gasteiger charge is -2.18. The average molecular weight is 731 g/mol. The fourth-order valence-corrected chi connectivity index (χ4v) is 6.35. The molecule has 0 aromatic heterocycles. The van der Waals surface area contributed by atoms with Crippen LogP contribution in [0.1, 0.15) is 226 Å². The van der Waals surface area contributed by atoms with E-state index in [4.69, 9.17) is 14.2 Å². The second kappa shape index (κ2) is 43.5. The summed E-state index contributed by atoms with van der Waals surface area (Å²) >= 11 is 0. The van der Waals surface area contributed by atoms with Gasteiger partial charge in [-0.1, -0.05) is 198 Å². The lowest BCUT2D eigenvalue weighted by atomic mass is 10.1. The first-order valence-electron chi connectivity index (χ1n) is 22.5. The number of ether oxygens (including phenoxy) is 3. The van der Waals surface area contributed by atoms with E-state index >= 15 is 0 Å². The van der Waals surface area contributed by atoms with Crippen LogP contribution in [-0.4, -0.2) is 37.9 Å². The van der Waals surface area contributed by atoms with E-state index in [1.807, 2.05) is 0 Å². The Bertz CT molecular complexity index is 832. The minimum absolute atomic E-state index is 0.0847. The van der Waals surface area contributed by atoms with Crippen LogP contribution in [-0.2, 0) is 23.8 Å². The van der Waals surface area contributed by atoms with Crippen LogP contribution in [0.4, 0.5) is 0 Å². The molecule has 0 amide bonds. The van der Waals surface area contributed by atoms with E-state index < -0.39 is 6.10 Å². The summed E-state index contributed by atoms with van der Waals surface area (Å²) in [5, 5.41) is 0. The van der Waals surface area contributed by atoms with Crippen molar-refractivity contribution in [2.24, 2.45) is 0 Å². The maximum absolute atomic E-state index is 12.6. The van der Waals surface area contributed by atoms with E-state index in [9.17, 15) is 9.59 Å². The summed E-state index contributed by atoms with van der Waals surface area (Å²) in [6.07, 6.45) is 50.0. The van der Waals surface area contributed by atoms with E-state index in [-0.39, 0.29) is 25.2 Å². The van der Waals surface area contributed by atoms with Gasteiger partial charge in [0.15, 0.2) is 6.10 Å². The Kier molecular flexibility index (Phi) is 42.0. The van der Waals surface area contributed by atoms with Gasteiger partial charge in [-0.3, -0.25) is 9.59 Å². The molecule has 304 valence electrons. The quantitative estimate of drug-likeness (QED) is 0.0356. The van der Waals surface area contributed by atoms with Crippen LogP contribution in [0.15, 0.2) is 36.5 Å². The lowest BCUT2D eigenvalue weighted by Crippen LogP contribution is -2.30. The average Bonchev–Trinajstić information content (AvgIpc) is 3.14. The van der Waals surface area contributed by atoms with E-state index in [0.717, 1.165) is 64.2 Å². The van der Waals surface area contributed by atoms with Crippen LogP contribution in [0, 0.1) is 0 Å². The van der Waals surface area contributed by atoms with Crippen LogP contribution in [0.2, 0.25) is 0 Å². The van der Waals surface area contributed by atoms with Crippen LogP contribution in [0.3, 0.4) is 0 Å². The number of esters is 2. The summed E-state index contributed by atoms with van der Waals surface area (Å²) in [6.45, 7) is 7.70. The molecular weight excluding hydrogens is 645 g/mol. The van der Waals surface area contributed by atoms with Gasteiger partial charge < -0.3 is 14.2 Å². The first-order valence-corrected chi connectivity index (χ1v) is 22.5. The Balaban J connectivity index is 4.17. The summed E-state index contributed by atoms with van der Waals surface area (Å²) in [5.74, 6) is -0.403. The summed E-state index contributed by atoms with van der Waals surface area (Å²) in [5.41, 5.74) is 0. The van der Waals surface area contributed by atoms with Crippen LogP contribution in [0.25, 0.3) is 0 Å². The van der Waals surface area contributed by atoms with Crippen LogP contribution in [0.5, 0.6) is 0 Å². The number of rotatable bonds is 41. The third kappa shape index (κ3) is 40.9. The molecule has 5 heteroatoms. The Morgan fingerprint density at radius 3 is 1.38 bits per heavy atom. The van der Waals surface area contributed by atoms with Gasteiger partial charge in [-0.25, -0.2) is 0 Å². The maximum atomic E-state index is 12.6. The topological polar surface area (TPSA) is 61.8 Å². The zero-order valence-corrected chi connectivity index (χ0v) is 34.8. The Morgan fingerprint density at radius 2 is 0.865 bits per heavy atom. The molecule has 0 rings (SSSR count). The number of hydrogen-bond acceptors (Lipinski definition) is 5. The van der Waals surface area contributed by atoms with Crippen molar-refractivity contribution in [3.05, 3.63) is 36.5 Å². The Hall–Kier alpha value is -1.88. The third-order valence-electron chi connectivity index (χ3n) is 9.69. The highest BCUT2D eigenvalue weighted by Crippen LogP contribution is 2.14. The van der Waals surface area contributed by atoms with Crippen molar-refractivity contribution in [1.82, 2.24) is 0 Å². The first-order chi connectivity index (χ1) is 25.6. The Labute approximate surface area is 323 Å². The summed E-state index contributed by atoms with van der Waals surface area (Å²) in [6, 6.07) is 0. The van der Waals surface area contributed by atoms with Crippen molar-refractivity contribution in [2.75, 3.05) is 19.8 Å². The highest BCUT2D eigenvalue weighted by molar-refractivity contribution is 5.70. The lowest BCUT2D eigenvalue weighted by molar-refractivity contribution is -0.163. The fraction of sp³-hybridized carbons (Fsp3) is 0.830. The molecule has 0 aliphatic rings. The molecule has 52 heavy (non-hydrogen) atoms. The zero-order valence-electron chi connectivity index (χ0n) is 34.8. The number of hydrogen-bond donors (Lipinski definition) is 0.